The van der Waals surface area contributed by atoms with Crippen molar-refractivity contribution in [2.75, 3.05) is 13.1 Å². The maximum Gasteiger partial charge on any atom is 0.220 e. The number of sulfonamides is 1. The van der Waals surface area contributed by atoms with Gasteiger partial charge in [0.1, 0.15) is 12.0 Å². The average Bonchev–Trinajstić information content (AvgIpc) is 2.68. The Morgan fingerprint density at radius 2 is 2.06 bits per heavy atom. The van der Waals surface area contributed by atoms with Gasteiger partial charge in [-0.1, -0.05) is 5.16 Å². The fourth-order valence-corrected chi connectivity index (χ4v) is 3.53. The van der Waals surface area contributed by atoms with Crippen LogP contribution in [0.5, 0.6) is 0 Å². The van der Waals surface area contributed by atoms with E-state index < -0.39 is 10.0 Å². The molecule has 2 unspecified atom stereocenters. The Morgan fingerprint density at radius 3 is 2.59 bits per heavy atom. The molecule has 0 amide bonds. The minimum absolute atomic E-state index is 0.0779. The van der Waals surface area contributed by atoms with Gasteiger partial charge in [0, 0.05) is 19.2 Å². The molecule has 1 aromatic heterocycles. The molecule has 7 heteroatoms. The lowest BCUT2D eigenvalue weighted by molar-refractivity contribution is -0.0441. The quantitative estimate of drug-likeness (QED) is 0.796. The van der Waals surface area contributed by atoms with E-state index in [1.165, 1.54) is 10.6 Å². The van der Waals surface area contributed by atoms with E-state index in [4.69, 9.17) is 4.74 Å². The summed E-state index contributed by atoms with van der Waals surface area (Å²) in [6.07, 6.45) is 1.21. The van der Waals surface area contributed by atoms with Crippen molar-refractivity contribution >= 4 is 10.0 Å². The van der Waals surface area contributed by atoms with Gasteiger partial charge in [-0.15, -0.1) is 0 Å². The van der Waals surface area contributed by atoms with Crippen LogP contribution in [0.4, 0.5) is 0 Å². The second kappa shape index (κ2) is 4.75. The van der Waals surface area contributed by atoms with Crippen LogP contribution < -0.4 is 0 Å². The van der Waals surface area contributed by atoms with E-state index >= 15 is 0 Å². The number of aromatic nitrogens is 1. The Hall–Kier alpha value is -0.920. The standard InChI is InChI=1S/C10H16N2O4S/c1-8-5-12(6-9(2)16-8)17(13,14)7-10-3-4-15-11-10/h3-4,8-9H,5-7H2,1-2H3. The van der Waals surface area contributed by atoms with Gasteiger partial charge in [0.15, 0.2) is 0 Å². The smallest absolute Gasteiger partial charge is 0.220 e. The normalized spacial score (nSPS) is 27.2. The first kappa shape index (κ1) is 12.5. The van der Waals surface area contributed by atoms with E-state index in [2.05, 4.69) is 9.68 Å². The number of hydrogen-bond acceptors (Lipinski definition) is 5. The molecule has 0 bridgehead atoms. The summed E-state index contributed by atoms with van der Waals surface area (Å²) in [5, 5.41) is 3.62. The number of nitrogens with zero attached hydrogens (tertiary/aromatic N) is 2. The molecule has 1 fully saturated rings. The third-order valence-electron chi connectivity index (χ3n) is 2.60. The molecule has 1 saturated heterocycles. The van der Waals surface area contributed by atoms with Crippen molar-refractivity contribution in [3.8, 4) is 0 Å². The molecule has 96 valence electrons. The number of hydrogen-bond donors (Lipinski definition) is 0. The van der Waals surface area contributed by atoms with E-state index in [0.29, 0.717) is 18.8 Å². The van der Waals surface area contributed by atoms with Crippen LogP contribution in [-0.2, 0) is 20.5 Å². The van der Waals surface area contributed by atoms with E-state index in [1.54, 1.807) is 6.07 Å². The first-order valence-corrected chi connectivity index (χ1v) is 7.11. The predicted molar refractivity (Wildman–Crippen MR) is 60.7 cm³/mol. The fourth-order valence-electron chi connectivity index (χ4n) is 1.95. The van der Waals surface area contributed by atoms with Crippen LogP contribution in [0.2, 0.25) is 0 Å². The van der Waals surface area contributed by atoms with Gasteiger partial charge in [0.2, 0.25) is 10.0 Å². The molecule has 0 spiro atoms. The van der Waals surface area contributed by atoms with Crippen LogP contribution in [0.25, 0.3) is 0 Å². The molecule has 1 aliphatic rings. The summed E-state index contributed by atoms with van der Waals surface area (Å²) in [6.45, 7) is 4.53. The third kappa shape index (κ3) is 3.05. The largest absolute Gasteiger partial charge is 0.373 e. The zero-order chi connectivity index (χ0) is 12.5. The molecule has 0 radical (unpaired) electrons. The zero-order valence-corrected chi connectivity index (χ0v) is 10.7. The van der Waals surface area contributed by atoms with E-state index in [9.17, 15) is 8.42 Å². The van der Waals surface area contributed by atoms with Gasteiger partial charge >= 0.3 is 0 Å². The van der Waals surface area contributed by atoms with Crippen molar-refractivity contribution in [2.24, 2.45) is 0 Å². The molecule has 17 heavy (non-hydrogen) atoms. The van der Waals surface area contributed by atoms with Gasteiger partial charge in [-0.3, -0.25) is 0 Å². The Balaban J connectivity index is 2.09. The zero-order valence-electron chi connectivity index (χ0n) is 9.87. The lowest BCUT2D eigenvalue weighted by atomic mass is 10.3. The van der Waals surface area contributed by atoms with Gasteiger partial charge < -0.3 is 9.26 Å². The van der Waals surface area contributed by atoms with E-state index in [0.717, 1.165) is 0 Å². The highest BCUT2D eigenvalue weighted by Gasteiger charge is 2.31. The van der Waals surface area contributed by atoms with Gasteiger partial charge in [-0.25, -0.2) is 8.42 Å². The second-order valence-electron chi connectivity index (χ2n) is 4.32. The van der Waals surface area contributed by atoms with Crippen molar-refractivity contribution in [2.45, 2.75) is 31.8 Å². The van der Waals surface area contributed by atoms with E-state index in [1.807, 2.05) is 13.8 Å². The van der Waals surface area contributed by atoms with Crippen LogP contribution >= 0.6 is 0 Å². The second-order valence-corrected chi connectivity index (χ2v) is 6.29. The summed E-state index contributed by atoms with van der Waals surface area (Å²) in [7, 11) is -3.34. The molecule has 2 rings (SSSR count). The van der Waals surface area contributed by atoms with Crippen molar-refractivity contribution in [1.82, 2.24) is 9.46 Å². The topological polar surface area (TPSA) is 72.6 Å². The molecular formula is C10H16N2O4S. The lowest BCUT2D eigenvalue weighted by Gasteiger charge is -2.34. The van der Waals surface area contributed by atoms with Gasteiger partial charge in [-0.05, 0) is 13.8 Å². The van der Waals surface area contributed by atoms with Crippen LogP contribution in [-0.4, -0.2) is 43.2 Å². The summed E-state index contributed by atoms with van der Waals surface area (Å²) in [5.41, 5.74) is 0.428. The van der Waals surface area contributed by atoms with Crippen molar-refractivity contribution in [3.63, 3.8) is 0 Å². The molecule has 1 aromatic rings. The molecule has 1 aliphatic heterocycles. The summed E-state index contributed by atoms with van der Waals surface area (Å²) < 4.78 is 35.9. The number of ether oxygens (including phenoxy) is 1. The molecule has 0 saturated carbocycles. The molecule has 0 aromatic carbocycles. The van der Waals surface area contributed by atoms with Crippen LogP contribution in [0.3, 0.4) is 0 Å². The number of morpholine rings is 1. The van der Waals surface area contributed by atoms with Crippen LogP contribution in [0, 0.1) is 0 Å². The predicted octanol–water partition coefficient (Wildman–Crippen LogP) is 0.614. The summed E-state index contributed by atoms with van der Waals surface area (Å²) >= 11 is 0. The maximum atomic E-state index is 12.1. The summed E-state index contributed by atoms with van der Waals surface area (Å²) in [4.78, 5) is 0. The third-order valence-corrected chi connectivity index (χ3v) is 4.35. The average molecular weight is 260 g/mol. The summed E-state index contributed by atoms with van der Waals surface area (Å²) in [5.74, 6) is -0.122. The molecule has 0 aliphatic carbocycles. The van der Waals surface area contributed by atoms with Crippen LogP contribution in [0.1, 0.15) is 19.5 Å². The highest BCUT2D eigenvalue weighted by molar-refractivity contribution is 7.88. The Labute approximate surface area is 101 Å². The van der Waals surface area contributed by atoms with Gasteiger partial charge in [-0.2, -0.15) is 4.31 Å². The molecule has 2 heterocycles. The fraction of sp³-hybridized carbons (Fsp3) is 0.700. The maximum absolute atomic E-state index is 12.1. The minimum atomic E-state index is -3.34. The Kier molecular flexibility index (Phi) is 3.50. The van der Waals surface area contributed by atoms with Gasteiger partial charge in [0.25, 0.3) is 0 Å². The van der Waals surface area contributed by atoms with Crippen molar-refractivity contribution < 1.29 is 17.7 Å². The molecule has 0 N–H and O–H groups in total. The SMILES string of the molecule is CC1CN(S(=O)(=O)Cc2ccon2)CC(C)O1. The Bertz CT molecular complexity index is 447. The first-order valence-electron chi connectivity index (χ1n) is 5.50. The first-order chi connectivity index (χ1) is 7.97. The summed E-state index contributed by atoms with van der Waals surface area (Å²) in [6, 6.07) is 1.56. The number of rotatable bonds is 3. The van der Waals surface area contributed by atoms with Crippen molar-refractivity contribution in [1.29, 1.82) is 0 Å². The van der Waals surface area contributed by atoms with Crippen LogP contribution in [0.15, 0.2) is 16.9 Å². The highest BCUT2D eigenvalue weighted by atomic mass is 32.2. The molecule has 2 atom stereocenters. The van der Waals surface area contributed by atoms with E-state index in [-0.39, 0.29) is 18.0 Å². The molecular weight excluding hydrogens is 244 g/mol. The monoisotopic (exact) mass is 260 g/mol. The lowest BCUT2D eigenvalue weighted by Crippen LogP contribution is -2.48. The van der Waals surface area contributed by atoms with Crippen molar-refractivity contribution in [3.05, 3.63) is 18.0 Å². The highest BCUT2D eigenvalue weighted by Crippen LogP contribution is 2.17. The molecule has 6 nitrogen and oxygen atoms in total. The van der Waals surface area contributed by atoms with Gasteiger partial charge in [0.05, 0.1) is 17.9 Å². The minimum Gasteiger partial charge on any atom is -0.373 e. The Morgan fingerprint density at radius 1 is 1.41 bits per heavy atom.